The molecule has 0 radical (unpaired) electrons. The van der Waals surface area contributed by atoms with Crippen LogP contribution in [0.4, 0.5) is 0 Å². The lowest BCUT2D eigenvalue weighted by atomic mass is 10.1. The van der Waals surface area contributed by atoms with E-state index < -0.39 is 0 Å². The average molecular weight is 173 g/mol. The second kappa shape index (κ2) is 4.42. The molecule has 1 heterocycles. The van der Waals surface area contributed by atoms with E-state index >= 15 is 0 Å². The average Bonchev–Trinajstić information content (AvgIpc) is 2.05. The molecule has 4 nitrogen and oxygen atoms in total. The summed E-state index contributed by atoms with van der Waals surface area (Å²) in [5.41, 5.74) is 0. The number of rotatable bonds is 2. The monoisotopic (exact) mass is 173 g/mol. The second-order valence-electron chi connectivity index (χ2n) is 2.76. The minimum absolute atomic E-state index is 0.0854. The minimum atomic E-state index is -0.293. The Kier molecular flexibility index (Phi) is 3.49. The fraction of sp³-hybridized carbons (Fsp3) is 0.875. The van der Waals surface area contributed by atoms with Crippen LogP contribution in [0.3, 0.4) is 0 Å². The van der Waals surface area contributed by atoms with Crippen molar-refractivity contribution < 1.29 is 14.3 Å². The van der Waals surface area contributed by atoms with Crippen molar-refractivity contribution in [2.24, 2.45) is 0 Å². The van der Waals surface area contributed by atoms with Crippen LogP contribution in [0, 0.1) is 0 Å². The highest BCUT2D eigenvalue weighted by Crippen LogP contribution is 2.05. The predicted molar refractivity (Wildman–Crippen MR) is 43.8 cm³/mol. The number of esters is 1. The molecule has 0 unspecified atom stereocenters. The van der Waals surface area contributed by atoms with Gasteiger partial charge in [-0.2, -0.15) is 0 Å². The molecular weight excluding hydrogens is 158 g/mol. The Hall–Kier alpha value is -0.610. The Morgan fingerprint density at radius 2 is 2.50 bits per heavy atom. The third-order valence-electron chi connectivity index (χ3n) is 1.86. The Balaban J connectivity index is 2.42. The highest BCUT2D eigenvalue weighted by Gasteiger charge is 2.29. The van der Waals surface area contributed by atoms with E-state index in [1.165, 1.54) is 0 Å². The van der Waals surface area contributed by atoms with Gasteiger partial charge in [0.2, 0.25) is 0 Å². The molecule has 0 amide bonds. The van der Waals surface area contributed by atoms with Crippen molar-refractivity contribution in [3.63, 3.8) is 0 Å². The number of carbonyl (C=O) groups is 1. The summed E-state index contributed by atoms with van der Waals surface area (Å²) in [6.07, 6.45) is -0.0854. The molecule has 1 aliphatic rings. The third-order valence-corrected chi connectivity index (χ3v) is 1.86. The molecule has 0 aliphatic carbocycles. The van der Waals surface area contributed by atoms with Crippen LogP contribution in [0.1, 0.15) is 13.8 Å². The quantitative estimate of drug-likeness (QED) is 0.594. The van der Waals surface area contributed by atoms with Crippen LogP contribution in [-0.2, 0) is 14.3 Å². The zero-order valence-corrected chi connectivity index (χ0v) is 7.50. The molecule has 0 aromatic rings. The molecule has 0 aromatic carbocycles. The van der Waals surface area contributed by atoms with Gasteiger partial charge in [-0.3, -0.25) is 10.1 Å². The highest BCUT2D eigenvalue weighted by atomic mass is 16.5. The van der Waals surface area contributed by atoms with Crippen molar-refractivity contribution in [1.29, 1.82) is 0 Å². The standard InChI is InChI=1S/C8H15NO3/c1-3-11-8(10)7-6(2)12-5-4-9-7/h6-7,9H,3-5H2,1-2H3/t6-,7-/m0/s1. The predicted octanol–water partition coefficient (Wildman–Crippen LogP) is -0.0736. The Bertz CT molecular complexity index is 160. The summed E-state index contributed by atoms with van der Waals surface area (Å²) in [5.74, 6) is -0.218. The molecule has 2 atom stereocenters. The maximum Gasteiger partial charge on any atom is 0.325 e. The molecule has 0 saturated carbocycles. The van der Waals surface area contributed by atoms with E-state index in [4.69, 9.17) is 9.47 Å². The Labute approximate surface area is 72.2 Å². The number of hydrogen-bond donors (Lipinski definition) is 1. The molecule has 1 N–H and O–H groups in total. The number of ether oxygens (including phenoxy) is 2. The fourth-order valence-electron chi connectivity index (χ4n) is 1.23. The van der Waals surface area contributed by atoms with Gasteiger partial charge in [-0.25, -0.2) is 0 Å². The van der Waals surface area contributed by atoms with Gasteiger partial charge >= 0.3 is 5.97 Å². The topological polar surface area (TPSA) is 47.6 Å². The number of morpholine rings is 1. The maximum atomic E-state index is 11.2. The van der Waals surface area contributed by atoms with E-state index in [1.807, 2.05) is 6.92 Å². The lowest BCUT2D eigenvalue weighted by molar-refractivity contribution is -0.151. The molecule has 0 aromatic heterocycles. The van der Waals surface area contributed by atoms with Gasteiger partial charge in [0, 0.05) is 6.54 Å². The summed E-state index contributed by atoms with van der Waals surface area (Å²) in [7, 11) is 0. The van der Waals surface area contributed by atoms with Crippen LogP contribution in [0.2, 0.25) is 0 Å². The van der Waals surface area contributed by atoms with Gasteiger partial charge < -0.3 is 9.47 Å². The fourth-order valence-corrected chi connectivity index (χ4v) is 1.23. The van der Waals surface area contributed by atoms with Gasteiger partial charge in [-0.1, -0.05) is 0 Å². The highest BCUT2D eigenvalue weighted by molar-refractivity contribution is 5.76. The SMILES string of the molecule is CCOC(=O)[C@H]1NCCO[C@H]1C. The normalized spacial score (nSPS) is 29.8. The van der Waals surface area contributed by atoms with Gasteiger partial charge in [0.25, 0.3) is 0 Å². The van der Waals surface area contributed by atoms with Crippen LogP contribution >= 0.6 is 0 Å². The van der Waals surface area contributed by atoms with E-state index in [1.54, 1.807) is 6.92 Å². The van der Waals surface area contributed by atoms with Crippen LogP contribution in [0.15, 0.2) is 0 Å². The van der Waals surface area contributed by atoms with Crippen molar-refractivity contribution in [1.82, 2.24) is 5.32 Å². The van der Waals surface area contributed by atoms with Crippen molar-refractivity contribution in [2.75, 3.05) is 19.8 Å². The van der Waals surface area contributed by atoms with Crippen molar-refractivity contribution in [3.8, 4) is 0 Å². The first-order valence-electron chi connectivity index (χ1n) is 4.27. The molecule has 1 aliphatic heterocycles. The van der Waals surface area contributed by atoms with Crippen LogP contribution in [0.5, 0.6) is 0 Å². The first kappa shape index (κ1) is 9.48. The first-order chi connectivity index (χ1) is 5.75. The van der Waals surface area contributed by atoms with Gasteiger partial charge in [0.05, 0.1) is 19.3 Å². The van der Waals surface area contributed by atoms with Gasteiger partial charge in [0.1, 0.15) is 6.04 Å². The summed E-state index contributed by atoms with van der Waals surface area (Å²) >= 11 is 0. The molecule has 12 heavy (non-hydrogen) atoms. The molecule has 70 valence electrons. The summed E-state index contributed by atoms with van der Waals surface area (Å²) in [5, 5.41) is 3.05. The summed E-state index contributed by atoms with van der Waals surface area (Å²) in [6.45, 7) is 5.47. The molecule has 1 rings (SSSR count). The van der Waals surface area contributed by atoms with Crippen LogP contribution in [0.25, 0.3) is 0 Å². The minimum Gasteiger partial charge on any atom is -0.465 e. The largest absolute Gasteiger partial charge is 0.465 e. The van der Waals surface area contributed by atoms with E-state index in [2.05, 4.69) is 5.32 Å². The molecule has 0 bridgehead atoms. The Morgan fingerprint density at radius 1 is 1.75 bits per heavy atom. The molecule has 1 fully saturated rings. The Morgan fingerprint density at radius 3 is 3.08 bits per heavy atom. The van der Waals surface area contributed by atoms with Crippen molar-refractivity contribution in [3.05, 3.63) is 0 Å². The maximum absolute atomic E-state index is 11.2. The molecule has 4 heteroatoms. The molecular formula is C8H15NO3. The lowest BCUT2D eigenvalue weighted by Crippen LogP contribution is -2.52. The van der Waals surface area contributed by atoms with E-state index in [0.29, 0.717) is 19.8 Å². The second-order valence-corrected chi connectivity index (χ2v) is 2.76. The third kappa shape index (κ3) is 2.19. The number of hydrogen-bond acceptors (Lipinski definition) is 4. The number of carbonyl (C=O) groups excluding carboxylic acids is 1. The van der Waals surface area contributed by atoms with Crippen molar-refractivity contribution in [2.45, 2.75) is 26.0 Å². The van der Waals surface area contributed by atoms with Crippen LogP contribution < -0.4 is 5.32 Å². The van der Waals surface area contributed by atoms with Crippen LogP contribution in [-0.4, -0.2) is 37.9 Å². The van der Waals surface area contributed by atoms with E-state index in [-0.39, 0.29) is 18.1 Å². The van der Waals surface area contributed by atoms with Gasteiger partial charge in [0.15, 0.2) is 0 Å². The summed E-state index contributed by atoms with van der Waals surface area (Å²) in [6, 6.07) is -0.293. The zero-order chi connectivity index (χ0) is 8.97. The van der Waals surface area contributed by atoms with Gasteiger partial charge in [-0.05, 0) is 13.8 Å². The number of nitrogens with one attached hydrogen (secondary N) is 1. The molecule has 1 saturated heterocycles. The smallest absolute Gasteiger partial charge is 0.325 e. The lowest BCUT2D eigenvalue weighted by Gasteiger charge is -2.28. The first-order valence-corrected chi connectivity index (χ1v) is 4.27. The van der Waals surface area contributed by atoms with E-state index in [9.17, 15) is 4.79 Å². The zero-order valence-electron chi connectivity index (χ0n) is 7.50. The molecule has 0 spiro atoms. The van der Waals surface area contributed by atoms with Crippen molar-refractivity contribution >= 4 is 5.97 Å². The van der Waals surface area contributed by atoms with E-state index in [0.717, 1.165) is 0 Å². The summed E-state index contributed by atoms with van der Waals surface area (Å²) < 4.78 is 10.2. The summed E-state index contributed by atoms with van der Waals surface area (Å²) in [4.78, 5) is 11.2. The van der Waals surface area contributed by atoms with Gasteiger partial charge in [-0.15, -0.1) is 0 Å².